The average Bonchev–Trinajstić information content (AvgIpc) is 2.66. The summed E-state index contributed by atoms with van der Waals surface area (Å²) in [6.45, 7) is 3.32. The summed E-state index contributed by atoms with van der Waals surface area (Å²) in [5.74, 6) is -0.351. The zero-order valence-corrected chi connectivity index (χ0v) is 17.2. The van der Waals surface area contributed by atoms with Gasteiger partial charge in [-0.25, -0.2) is 12.8 Å². The molecule has 0 aliphatic carbocycles. The van der Waals surface area contributed by atoms with Gasteiger partial charge in [0.25, 0.3) is 0 Å². The van der Waals surface area contributed by atoms with Crippen molar-refractivity contribution in [1.29, 1.82) is 5.26 Å². The van der Waals surface area contributed by atoms with E-state index in [1.165, 1.54) is 16.4 Å². The van der Waals surface area contributed by atoms with E-state index < -0.39 is 16.1 Å². The monoisotopic (exact) mass is 451 g/mol. The number of nitriles is 1. The van der Waals surface area contributed by atoms with Gasteiger partial charge in [-0.05, 0) is 48.4 Å². The molecule has 1 aliphatic rings. The van der Waals surface area contributed by atoms with Gasteiger partial charge in [0.15, 0.2) is 0 Å². The van der Waals surface area contributed by atoms with Crippen LogP contribution in [0.15, 0.2) is 51.8 Å². The molecule has 142 valence electrons. The number of halogens is 2. The first-order valence-electron chi connectivity index (χ1n) is 8.48. The Morgan fingerprint density at radius 2 is 1.74 bits per heavy atom. The van der Waals surface area contributed by atoms with Gasteiger partial charge in [0.1, 0.15) is 11.9 Å². The second-order valence-electron chi connectivity index (χ2n) is 6.43. The number of rotatable bonds is 4. The third-order valence-corrected chi connectivity index (χ3v) is 7.50. The van der Waals surface area contributed by atoms with Gasteiger partial charge in [0.05, 0.1) is 11.0 Å². The highest BCUT2D eigenvalue weighted by Gasteiger charge is 2.31. The molecule has 1 saturated heterocycles. The lowest BCUT2D eigenvalue weighted by Crippen LogP contribution is -2.49. The van der Waals surface area contributed by atoms with E-state index in [1.54, 1.807) is 30.3 Å². The molecule has 0 radical (unpaired) electrons. The van der Waals surface area contributed by atoms with Gasteiger partial charge in [0.2, 0.25) is 10.0 Å². The first-order valence-corrected chi connectivity index (χ1v) is 10.7. The Morgan fingerprint density at radius 1 is 1.11 bits per heavy atom. The second kappa shape index (κ2) is 8.07. The van der Waals surface area contributed by atoms with Crippen molar-refractivity contribution < 1.29 is 12.8 Å². The number of hydrogen-bond donors (Lipinski definition) is 0. The SMILES string of the molecule is Cc1cc(S(=O)(=O)N2CCN([C@@H](C#N)c3ccc(F)cc3)CC2)ccc1Br. The van der Waals surface area contributed by atoms with Gasteiger partial charge in [-0.3, -0.25) is 4.90 Å². The van der Waals surface area contributed by atoms with Crippen LogP contribution in [0.1, 0.15) is 17.2 Å². The summed E-state index contributed by atoms with van der Waals surface area (Å²) in [4.78, 5) is 2.19. The molecule has 2 aromatic carbocycles. The van der Waals surface area contributed by atoms with Crippen molar-refractivity contribution >= 4 is 26.0 Å². The van der Waals surface area contributed by atoms with E-state index in [0.717, 1.165) is 10.0 Å². The maximum Gasteiger partial charge on any atom is 0.243 e. The smallest absolute Gasteiger partial charge is 0.243 e. The molecule has 27 heavy (non-hydrogen) atoms. The summed E-state index contributed by atoms with van der Waals surface area (Å²) in [6, 6.07) is 12.5. The average molecular weight is 452 g/mol. The van der Waals surface area contributed by atoms with E-state index in [9.17, 15) is 18.1 Å². The molecule has 0 bridgehead atoms. The van der Waals surface area contributed by atoms with Crippen LogP contribution in [0.4, 0.5) is 4.39 Å². The number of aryl methyl sites for hydroxylation is 1. The predicted octanol–water partition coefficient (Wildman–Crippen LogP) is 3.47. The van der Waals surface area contributed by atoms with E-state index in [2.05, 4.69) is 22.0 Å². The van der Waals surface area contributed by atoms with E-state index in [0.29, 0.717) is 31.7 Å². The first-order chi connectivity index (χ1) is 12.8. The van der Waals surface area contributed by atoms with Crippen LogP contribution in [0.2, 0.25) is 0 Å². The third-order valence-electron chi connectivity index (χ3n) is 4.71. The molecule has 0 spiro atoms. The van der Waals surface area contributed by atoms with E-state index in [-0.39, 0.29) is 10.7 Å². The van der Waals surface area contributed by atoms with Crippen molar-refractivity contribution in [3.05, 3.63) is 63.9 Å². The zero-order valence-electron chi connectivity index (χ0n) is 14.8. The molecule has 8 heteroatoms. The fourth-order valence-electron chi connectivity index (χ4n) is 3.14. The Hall–Kier alpha value is -1.79. The highest BCUT2D eigenvalue weighted by Crippen LogP contribution is 2.26. The molecule has 3 rings (SSSR count). The number of hydrogen-bond acceptors (Lipinski definition) is 4. The maximum absolute atomic E-state index is 13.1. The van der Waals surface area contributed by atoms with Gasteiger partial charge in [-0.1, -0.05) is 28.1 Å². The summed E-state index contributed by atoms with van der Waals surface area (Å²) < 4.78 is 41.2. The lowest BCUT2D eigenvalue weighted by molar-refractivity contribution is 0.162. The van der Waals surface area contributed by atoms with Crippen molar-refractivity contribution in [3.63, 3.8) is 0 Å². The van der Waals surface area contributed by atoms with Crippen molar-refractivity contribution in [2.24, 2.45) is 0 Å². The Balaban J connectivity index is 1.73. The van der Waals surface area contributed by atoms with Crippen LogP contribution < -0.4 is 0 Å². The van der Waals surface area contributed by atoms with Crippen molar-refractivity contribution in [2.45, 2.75) is 17.9 Å². The largest absolute Gasteiger partial charge is 0.282 e. The van der Waals surface area contributed by atoms with Crippen LogP contribution in [-0.2, 0) is 10.0 Å². The molecule has 1 heterocycles. The minimum atomic E-state index is -3.57. The van der Waals surface area contributed by atoms with Crippen LogP contribution in [0, 0.1) is 24.1 Å². The van der Waals surface area contributed by atoms with Crippen molar-refractivity contribution in [2.75, 3.05) is 26.2 Å². The normalized spacial score (nSPS) is 17.4. The maximum atomic E-state index is 13.1. The molecule has 2 aromatic rings. The second-order valence-corrected chi connectivity index (χ2v) is 9.23. The highest BCUT2D eigenvalue weighted by molar-refractivity contribution is 9.10. The summed E-state index contributed by atoms with van der Waals surface area (Å²) >= 11 is 3.38. The molecule has 0 amide bonds. The number of piperazine rings is 1. The summed E-state index contributed by atoms with van der Waals surface area (Å²) in [6.07, 6.45) is 0. The van der Waals surface area contributed by atoms with Gasteiger partial charge in [-0.15, -0.1) is 0 Å². The summed E-state index contributed by atoms with van der Waals surface area (Å²) in [5.41, 5.74) is 1.56. The van der Waals surface area contributed by atoms with Crippen LogP contribution in [0.3, 0.4) is 0 Å². The molecular formula is C19H19BrFN3O2S. The fraction of sp³-hybridized carbons (Fsp3) is 0.316. The molecule has 1 fully saturated rings. The quantitative estimate of drug-likeness (QED) is 0.713. The van der Waals surface area contributed by atoms with Crippen molar-refractivity contribution in [1.82, 2.24) is 9.21 Å². The third kappa shape index (κ3) is 4.22. The van der Waals surface area contributed by atoms with Crippen molar-refractivity contribution in [3.8, 4) is 6.07 Å². The number of benzene rings is 2. The Morgan fingerprint density at radius 3 is 2.30 bits per heavy atom. The van der Waals surface area contributed by atoms with Gasteiger partial charge >= 0.3 is 0 Å². The van der Waals surface area contributed by atoms with E-state index in [4.69, 9.17) is 0 Å². The van der Waals surface area contributed by atoms with Crippen LogP contribution >= 0.6 is 15.9 Å². The van der Waals surface area contributed by atoms with Crippen LogP contribution in [0.5, 0.6) is 0 Å². The van der Waals surface area contributed by atoms with Crippen LogP contribution in [-0.4, -0.2) is 43.8 Å². The van der Waals surface area contributed by atoms with Gasteiger partial charge < -0.3 is 0 Å². The number of nitrogens with zero attached hydrogens (tertiary/aromatic N) is 3. The zero-order chi connectivity index (χ0) is 19.6. The number of sulfonamides is 1. The van der Waals surface area contributed by atoms with Gasteiger partial charge in [0, 0.05) is 30.7 Å². The topological polar surface area (TPSA) is 64.4 Å². The Bertz CT molecular complexity index is 965. The molecule has 0 aromatic heterocycles. The van der Waals surface area contributed by atoms with Crippen LogP contribution in [0.25, 0.3) is 0 Å². The molecular weight excluding hydrogens is 433 g/mol. The Kier molecular flexibility index (Phi) is 5.96. The van der Waals surface area contributed by atoms with E-state index in [1.807, 2.05) is 11.8 Å². The predicted molar refractivity (Wildman–Crippen MR) is 104 cm³/mol. The minimum absolute atomic E-state index is 0.270. The van der Waals surface area contributed by atoms with Gasteiger partial charge in [-0.2, -0.15) is 9.57 Å². The fourth-order valence-corrected chi connectivity index (χ4v) is 4.90. The molecule has 0 N–H and O–H groups in total. The highest BCUT2D eigenvalue weighted by atomic mass is 79.9. The molecule has 1 atom stereocenters. The van der Waals surface area contributed by atoms with E-state index >= 15 is 0 Å². The molecule has 5 nitrogen and oxygen atoms in total. The standard InChI is InChI=1S/C19H19BrFN3O2S/c1-14-12-17(6-7-18(14)20)27(25,26)24-10-8-23(9-11-24)19(13-22)15-2-4-16(21)5-3-15/h2-7,12,19H,8-11H2,1H3/t19-/m0/s1. The Labute approximate surface area is 167 Å². The lowest BCUT2D eigenvalue weighted by Gasteiger charge is -2.36. The molecule has 0 saturated carbocycles. The first kappa shape index (κ1) is 20.0. The minimum Gasteiger partial charge on any atom is -0.282 e. The molecule has 0 unspecified atom stereocenters. The lowest BCUT2D eigenvalue weighted by atomic mass is 10.1. The summed E-state index contributed by atoms with van der Waals surface area (Å²) in [7, 11) is -3.57. The summed E-state index contributed by atoms with van der Waals surface area (Å²) in [5, 5.41) is 9.54. The molecule has 1 aliphatic heterocycles.